The van der Waals surface area contributed by atoms with E-state index in [2.05, 4.69) is 49.2 Å². The minimum atomic E-state index is 0. The summed E-state index contributed by atoms with van der Waals surface area (Å²) in [7, 11) is 2.22. The highest BCUT2D eigenvalue weighted by atomic mass is 32.2. The van der Waals surface area contributed by atoms with E-state index in [1.807, 2.05) is 18.0 Å². The van der Waals surface area contributed by atoms with Crippen LogP contribution in [-0.4, -0.2) is 30.0 Å². The molecule has 1 saturated heterocycles. The van der Waals surface area contributed by atoms with E-state index >= 15 is 0 Å². The monoisotopic (exact) mass is 338 g/mol. The molecule has 0 radical (unpaired) electrons. The lowest BCUT2D eigenvalue weighted by atomic mass is 9.89. The maximum absolute atomic E-state index is 4.79. The highest BCUT2D eigenvalue weighted by Crippen LogP contribution is 2.42. The van der Waals surface area contributed by atoms with Gasteiger partial charge in [-0.1, -0.05) is 31.2 Å². The molecule has 0 N–H and O–H groups in total. The zero-order chi connectivity index (χ0) is 15.8. The van der Waals surface area contributed by atoms with Crippen LogP contribution in [0, 0.1) is 6.92 Å². The summed E-state index contributed by atoms with van der Waals surface area (Å²) in [6.45, 7) is 4.48. The molecule has 0 spiro atoms. The van der Waals surface area contributed by atoms with E-state index in [-0.39, 0.29) is 7.43 Å². The second-order valence-electron chi connectivity index (χ2n) is 6.58. The van der Waals surface area contributed by atoms with Gasteiger partial charge in [0.2, 0.25) is 0 Å². The Hall–Kier alpha value is -1.58. The Kier molecular flexibility index (Phi) is 5.12. The largest absolute Gasteiger partial charge is 0.306 e. The van der Waals surface area contributed by atoms with Crippen LogP contribution >= 0.6 is 11.8 Å². The molecular weight excluding hydrogens is 312 g/mol. The van der Waals surface area contributed by atoms with E-state index in [9.17, 15) is 0 Å². The number of hydrogen-bond donors (Lipinski definition) is 0. The van der Waals surface area contributed by atoms with Crippen molar-refractivity contribution in [2.45, 2.75) is 37.8 Å². The molecule has 3 heterocycles. The number of nitrogens with zero attached hydrogens (tertiary/aromatic N) is 2. The fourth-order valence-electron chi connectivity index (χ4n) is 3.52. The second-order valence-corrected chi connectivity index (χ2v) is 7.60. The molecule has 0 amide bonds. The van der Waals surface area contributed by atoms with Crippen LogP contribution in [0.4, 0.5) is 0 Å². The average molecular weight is 339 g/mol. The summed E-state index contributed by atoms with van der Waals surface area (Å²) in [6, 6.07) is 11.2. The van der Waals surface area contributed by atoms with Crippen molar-refractivity contribution in [3.05, 3.63) is 64.5 Å². The first-order valence-electron chi connectivity index (χ1n) is 8.31. The fourth-order valence-corrected chi connectivity index (χ4v) is 4.65. The third kappa shape index (κ3) is 3.15. The number of hydrogen-bond acceptors (Lipinski definition) is 3. The van der Waals surface area contributed by atoms with Gasteiger partial charge in [-0.15, -0.1) is 11.8 Å². The first-order chi connectivity index (χ1) is 11.2. The molecule has 3 heteroatoms. The van der Waals surface area contributed by atoms with Crippen LogP contribution in [0.15, 0.2) is 47.0 Å². The molecule has 2 aromatic rings. The Labute approximate surface area is 150 Å². The topological polar surface area (TPSA) is 16.1 Å². The molecule has 126 valence electrons. The smallest absolute Gasteiger partial charge is 0.0748 e. The predicted molar refractivity (Wildman–Crippen MR) is 104 cm³/mol. The SMILES string of the molecule is C.Cc1ccc2c(c1)SCc1cccnc1C2=C1CCN(C)CC1. The average Bonchev–Trinajstić information content (AvgIpc) is 2.72. The molecule has 0 aliphatic carbocycles. The molecule has 0 unspecified atom stereocenters. The molecule has 24 heavy (non-hydrogen) atoms. The van der Waals surface area contributed by atoms with Crippen molar-refractivity contribution in [2.75, 3.05) is 20.1 Å². The highest BCUT2D eigenvalue weighted by Gasteiger charge is 2.24. The van der Waals surface area contributed by atoms with Gasteiger partial charge in [0.1, 0.15) is 0 Å². The van der Waals surface area contributed by atoms with Crippen LogP contribution < -0.4 is 0 Å². The standard InChI is InChI=1S/C20H22N2S.CH4/c1-14-5-6-17-18(12-14)23-13-16-4-3-9-21-20(16)19(17)15-7-10-22(2)11-8-15;/h3-6,9,12H,7-8,10-11,13H2,1-2H3;1H4. The summed E-state index contributed by atoms with van der Waals surface area (Å²) in [5.41, 5.74) is 8.29. The van der Waals surface area contributed by atoms with Gasteiger partial charge in [-0.25, -0.2) is 0 Å². The molecule has 1 aromatic heterocycles. The lowest BCUT2D eigenvalue weighted by molar-refractivity contribution is 0.313. The Bertz CT molecular complexity index is 769. The van der Waals surface area contributed by atoms with E-state index in [0.717, 1.165) is 31.7 Å². The summed E-state index contributed by atoms with van der Waals surface area (Å²) in [6.07, 6.45) is 4.25. The third-order valence-corrected chi connectivity index (χ3v) is 5.97. The molecule has 0 atom stereocenters. The quantitative estimate of drug-likeness (QED) is 0.660. The summed E-state index contributed by atoms with van der Waals surface area (Å²) < 4.78 is 0. The molecular formula is C21H26N2S. The number of benzene rings is 1. The maximum Gasteiger partial charge on any atom is 0.0748 e. The van der Waals surface area contributed by atoms with Gasteiger partial charge in [0.15, 0.2) is 0 Å². The minimum Gasteiger partial charge on any atom is -0.306 e. The van der Waals surface area contributed by atoms with E-state index in [1.54, 1.807) is 5.57 Å². The summed E-state index contributed by atoms with van der Waals surface area (Å²) in [5.74, 6) is 1.01. The summed E-state index contributed by atoms with van der Waals surface area (Å²) in [4.78, 5) is 8.62. The molecule has 2 nitrogen and oxygen atoms in total. The predicted octanol–water partition coefficient (Wildman–Crippen LogP) is 5.16. The van der Waals surface area contributed by atoms with Gasteiger partial charge in [-0.05, 0) is 55.6 Å². The van der Waals surface area contributed by atoms with E-state index in [0.29, 0.717) is 0 Å². The van der Waals surface area contributed by atoms with E-state index < -0.39 is 0 Å². The van der Waals surface area contributed by atoms with Crippen molar-refractivity contribution in [3.63, 3.8) is 0 Å². The van der Waals surface area contributed by atoms with Crippen molar-refractivity contribution < 1.29 is 0 Å². The molecule has 1 fully saturated rings. The van der Waals surface area contributed by atoms with E-state index in [4.69, 9.17) is 4.98 Å². The molecule has 1 aromatic carbocycles. The molecule has 2 aliphatic rings. The van der Waals surface area contributed by atoms with Crippen LogP contribution in [0.1, 0.15) is 42.7 Å². The normalized spacial score (nSPS) is 17.6. The Morgan fingerprint density at radius 1 is 1.12 bits per heavy atom. The van der Waals surface area contributed by atoms with Crippen LogP contribution in [-0.2, 0) is 5.75 Å². The van der Waals surface area contributed by atoms with Gasteiger partial charge < -0.3 is 4.90 Å². The molecule has 0 saturated carbocycles. The maximum atomic E-state index is 4.79. The lowest BCUT2D eigenvalue weighted by Gasteiger charge is -2.27. The number of fused-ring (bicyclic) bond motifs is 2. The minimum absolute atomic E-state index is 0. The Balaban J connectivity index is 0.00000169. The number of rotatable bonds is 0. The number of aryl methyl sites for hydroxylation is 1. The van der Waals surface area contributed by atoms with Crippen LogP contribution in [0.5, 0.6) is 0 Å². The van der Waals surface area contributed by atoms with Crippen molar-refractivity contribution in [1.29, 1.82) is 0 Å². The highest BCUT2D eigenvalue weighted by molar-refractivity contribution is 7.98. The fraction of sp³-hybridized carbons (Fsp3) is 0.381. The number of likely N-dealkylation sites (tertiary alicyclic amines) is 1. The number of piperidine rings is 1. The lowest BCUT2D eigenvalue weighted by Crippen LogP contribution is -2.27. The van der Waals surface area contributed by atoms with Gasteiger partial charge in [0, 0.05) is 35.5 Å². The van der Waals surface area contributed by atoms with Gasteiger partial charge in [-0.2, -0.15) is 0 Å². The Morgan fingerprint density at radius 3 is 2.71 bits per heavy atom. The van der Waals surface area contributed by atoms with Gasteiger partial charge in [-0.3, -0.25) is 4.98 Å². The number of thioether (sulfide) groups is 1. The number of pyridine rings is 1. The first-order valence-corrected chi connectivity index (χ1v) is 9.29. The number of aromatic nitrogens is 1. The molecule has 4 rings (SSSR count). The van der Waals surface area contributed by atoms with Crippen LogP contribution in [0.3, 0.4) is 0 Å². The van der Waals surface area contributed by atoms with Crippen molar-refractivity contribution in [1.82, 2.24) is 9.88 Å². The zero-order valence-corrected chi connectivity index (χ0v) is 14.6. The third-order valence-electron chi connectivity index (χ3n) is 4.86. The summed E-state index contributed by atoms with van der Waals surface area (Å²) in [5, 5.41) is 0. The zero-order valence-electron chi connectivity index (χ0n) is 13.8. The molecule has 2 aliphatic heterocycles. The first kappa shape index (κ1) is 17.2. The van der Waals surface area contributed by atoms with Crippen molar-refractivity contribution in [2.24, 2.45) is 0 Å². The van der Waals surface area contributed by atoms with Crippen LogP contribution in [0.25, 0.3) is 5.57 Å². The van der Waals surface area contributed by atoms with Crippen molar-refractivity contribution >= 4 is 17.3 Å². The van der Waals surface area contributed by atoms with Crippen LogP contribution in [0.2, 0.25) is 0 Å². The Morgan fingerprint density at radius 2 is 1.92 bits per heavy atom. The van der Waals surface area contributed by atoms with E-state index in [1.165, 1.54) is 32.9 Å². The molecule has 0 bridgehead atoms. The second kappa shape index (κ2) is 7.12. The van der Waals surface area contributed by atoms with Gasteiger partial charge in [0.25, 0.3) is 0 Å². The van der Waals surface area contributed by atoms with Crippen molar-refractivity contribution in [3.8, 4) is 0 Å². The summed E-state index contributed by atoms with van der Waals surface area (Å²) >= 11 is 1.95. The van der Waals surface area contributed by atoms with Gasteiger partial charge in [0.05, 0.1) is 5.69 Å². The van der Waals surface area contributed by atoms with Gasteiger partial charge >= 0.3 is 0 Å².